The van der Waals surface area contributed by atoms with Crippen molar-refractivity contribution in [1.29, 1.82) is 0 Å². The van der Waals surface area contributed by atoms with E-state index in [0.29, 0.717) is 5.56 Å². The van der Waals surface area contributed by atoms with Crippen molar-refractivity contribution >= 4 is 33.8 Å². The summed E-state index contributed by atoms with van der Waals surface area (Å²) in [6.45, 7) is 0. The average Bonchev–Trinajstić information content (AvgIpc) is 3.23. The number of nitrogens with zero attached hydrogens (tertiary/aromatic N) is 1. The quantitative estimate of drug-likeness (QED) is 0.383. The maximum Gasteiger partial charge on any atom is 0.255 e. The zero-order valence-electron chi connectivity index (χ0n) is 14.9. The van der Waals surface area contributed by atoms with E-state index in [9.17, 15) is 4.79 Å². The molecular weight excluding hydrogens is 368 g/mol. The summed E-state index contributed by atoms with van der Waals surface area (Å²) in [5, 5.41) is 5.67. The smallest absolute Gasteiger partial charge is 0.255 e. The minimum Gasteiger partial charge on any atom is -0.322 e. The van der Waals surface area contributed by atoms with Gasteiger partial charge >= 0.3 is 0 Å². The average molecular weight is 386 g/mol. The molecule has 4 rings (SSSR count). The Labute approximate surface area is 167 Å². The van der Waals surface area contributed by atoms with E-state index in [0.717, 1.165) is 27.8 Å². The molecule has 6 heteroatoms. The highest BCUT2D eigenvalue weighted by Crippen LogP contribution is 2.26. The lowest BCUT2D eigenvalue weighted by atomic mass is 10.1. The first-order valence-electron chi connectivity index (χ1n) is 8.77. The molecule has 0 atom stereocenters. The highest BCUT2D eigenvalue weighted by Gasteiger charge is 2.07. The molecule has 0 radical (unpaired) electrons. The van der Waals surface area contributed by atoms with E-state index in [-0.39, 0.29) is 5.91 Å². The zero-order valence-corrected chi connectivity index (χ0v) is 15.7. The van der Waals surface area contributed by atoms with Gasteiger partial charge in [-0.1, -0.05) is 48.5 Å². The fourth-order valence-corrected chi connectivity index (χ4v) is 3.30. The maximum atomic E-state index is 12.2. The minimum absolute atomic E-state index is 0.125. The van der Waals surface area contributed by atoms with Gasteiger partial charge in [0.15, 0.2) is 0 Å². The number of thiazole rings is 1. The van der Waals surface area contributed by atoms with Crippen LogP contribution >= 0.6 is 11.3 Å². The van der Waals surface area contributed by atoms with Crippen LogP contribution < -0.4 is 16.2 Å². The van der Waals surface area contributed by atoms with Crippen LogP contribution in [0.15, 0.2) is 90.3 Å². The highest BCUT2D eigenvalue weighted by atomic mass is 32.1. The summed E-state index contributed by atoms with van der Waals surface area (Å²) < 4.78 is 0. The first kappa shape index (κ1) is 17.8. The second kappa shape index (κ2) is 8.37. The van der Waals surface area contributed by atoms with Gasteiger partial charge in [0.1, 0.15) is 0 Å². The SMILES string of the molecule is O=C(Nc1ccc(-c2csc(NNc3ccccc3)n2)cc1)c1ccccc1. The van der Waals surface area contributed by atoms with Gasteiger partial charge in [0, 0.05) is 22.2 Å². The van der Waals surface area contributed by atoms with Gasteiger partial charge in [-0.2, -0.15) is 0 Å². The molecule has 0 unspecified atom stereocenters. The van der Waals surface area contributed by atoms with Crippen molar-refractivity contribution in [1.82, 2.24) is 4.98 Å². The van der Waals surface area contributed by atoms with Gasteiger partial charge in [0.25, 0.3) is 5.91 Å². The second-order valence-corrected chi connectivity index (χ2v) is 6.91. The highest BCUT2D eigenvalue weighted by molar-refractivity contribution is 7.14. The van der Waals surface area contributed by atoms with E-state index in [1.54, 1.807) is 12.1 Å². The third-order valence-corrected chi connectivity index (χ3v) is 4.82. The van der Waals surface area contributed by atoms with E-state index < -0.39 is 0 Å². The number of anilines is 3. The molecule has 5 nitrogen and oxygen atoms in total. The molecule has 3 N–H and O–H groups in total. The molecule has 1 amide bonds. The third-order valence-electron chi connectivity index (χ3n) is 4.07. The Morgan fingerprint density at radius 3 is 2.14 bits per heavy atom. The van der Waals surface area contributed by atoms with Crippen LogP contribution in [0.1, 0.15) is 10.4 Å². The number of benzene rings is 3. The number of hydrazine groups is 1. The molecular formula is C22H18N4OS. The van der Waals surface area contributed by atoms with Gasteiger partial charge in [0.2, 0.25) is 5.13 Å². The van der Waals surface area contributed by atoms with Crippen LogP contribution in [0, 0.1) is 0 Å². The monoisotopic (exact) mass is 386 g/mol. The Morgan fingerprint density at radius 2 is 1.43 bits per heavy atom. The normalized spacial score (nSPS) is 10.3. The van der Waals surface area contributed by atoms with E-state index in [1.165, 1.54) is 11.3 Å². The van der Waals surface area contributed by atoms with Crippen LogP contribution in [0.4, 0.5) is 16.5 Å². The number of carbonyl (C=O) groups is 1. The summed E-state index contributed by atoms with van der Waals surface area (Å²) in [4.78, 5) is 16.8. The Hall–Kier alpha value is -3.64. The van der Waals surface area contributed by atoms with Crippen molar-refractivity contribution in [3.8, 4) is 11.3 Å². The summed E-state index contributed by atoms with van der Waals surface area (Å²) in [7, 11) is 0. The molecule has 28 heavy (non-hydrogen) atoms. The number of para-hydroxylation sites is 1. The summed E-state index contributed by atoms with van der Waals surface area (Å²) in [5.74, 6) is -0.125. The fourth-order valence-electron chi connectivity index (χ4n) is 2.63. The van der Waals surface area contributed by atoms with Crippen LogP contribution in [0.2, 0.25) is 0 Å². The van der Waals surface area contributed by atoms with Crippen LogP contribution in [0.3, 0.4) is 0 Å². The van der Waals surface area contributed by atoms with Crippen molar-refractivity contribution < 1.29 is 4.79 Å². The molecule has 0 aliphatic heterocycles. The lowest BCUT2D eigenvalue weighted by Gasteiger charge is -2.06. The first-order chi connectivity index (χ1) is 13.8. The van der Waals surface area contributed by atoms with Crippen LogP contribution in [-0.4, -0.2) is 10.9 Å². The number of nitrogens with one attached hydrogen (secondary N) is 3. The summed E-state index contributed by atoms with van der Waals surface area (Å²) in [6, 6.07) is 26.7. The molecule has 1 heterocycles. The summed E-state index contributed by atoms with van der Waals surface area (Å²) >= 11 is 1.52. The number of amides is 1. The molecule has 0 saturated heterocycles. The number of rotatable bonds is 6. The summed E-state index contributed by atoms with van der Waals surface area (Å²) in [6.07, 6.45) is 0. The summed E-state index contributed by atoms with van der Waals surface area (Å²) in [5.41, 5.74) is 10.4. The topological polar surface area (TPSA) is 66.1 Å². The van der Waals surface area contributed by atoms with Crippen molar-refractivity contribution in [3.05, 3.63) is 95.9 Å². The molecule has 0 bridgehead atoms. The maximum absolute atomic E-state index is 12.2. The second-order valence-electron chi connectivity index (χ2n) is 6.05. The van der Waals surface area contributed by atoms with E-state index >= 15 is 0 Å². The van der Waals surface area contributed by atoms with Crippen molar-refractivity contribution in [3.63, 3.8) is 0 Å². The van der Waals surface area contributed by atoms with Gasteiger partial charge in [-0.25, -0.2) is 4.98 Å². The molecule has 1 aromatic heterocycles. The molecule has 4 aromatic rings. The molecule has 138 valence electrons. The van der Waals surface area contributed by atoms with Gasteiger partial charge in [0.05, 0.1) is 11.4 Å². The first-order valence-corrected chi connectivity index (χ1v) is 9.65. The third kappa shape index (κ3) is 4.36. The van der Waals surface area contributed by atoms with E-state index in [4.69, 9.17) is 0 Å². The van der Waals surface area contributed by atoms with Crippen molar-refractivity contribution in [2.75, 3.05) is 16.2 Å². The van der Waals surface area contributed by atoms with Crippen LogP contribution in [0.25, 0.3) is 11.3 Å². The van der Waals surface area contributed by atoms with Crippen molar-refractivity contribution in [2.45, 2.75) is 0 Å². The predicted molar refractivity (Wildman–Crippen MR) is 116 cm³/mol. The number of hydrogen-bond acceptors (Lipinski definition) is 5. The fraction of sp³-hybridized carbons (Fsp3) is 0. The predicted octanol–water partition coefficient (Wildman–Crippen LogP) is 5.50. The molecule has 3 aromatic carbocycles. The molecule has 0 aliphatic carbocycles. The number of carbonyl (C=O) groups excluding carboxylic acids is 1. The zero-order chi connectivity index (χ0) is 19.2. The van der Waals surface area contributed by atoms with Gasteiger partial charge in [-0.15, -0.1) is 11.3 Å². The molecule has 0 aliphatic rings. The van der Waals surface area contributed by atoms with Gasteiger partial charge in [-0.05, 0) is 36.4 Å². The van der Waals surface area contributed by atoms with Crippen molar-refractivity contribution in [2.24, 2.45) is 0 Å². The largest absolute Gasteiger partial charge is 0.322 e. The molecule has 0 spiro atoms. The van der Waals surface area contributed by atoms with E-state index in [1.807, 2.05) is 78.2 Å². The van der Waals surface area contributed by atoms with Crippen LogP contribution in [0.5, 0.6) is 0 Å². The molecule has 0 fully saturated rings. The van der Waals surface area contributed by atoms with Crippen LogP contribution in [-0.2, 0) is 0 Å². The van der Waals surface area contributed by atoms with Gasteiger partial charge < -0.3 is 5.32 Å². The minimum atomic E-state index is -0.125. The number of aromatic nitrogens is 1. The lowest BCUT2D eigenvalue weighted by Crippen LogP contribution is -2.11. The van der Waals surface area contributed by atoms with Gasteiger partial charge in [-0.3, -0.25) is 15.6 Å². The Balaban J connectivity index is 1.39. The lowest BCUT2D eigenvalue weighted by molar-refractivity contribution is 0.102. The van der Waals surface area contributed by atoms with E-state index in [2.05, 4.69) is 21.2 Å². The Kier molecular flexibility index (Phi) is 5.31. The number of hydrogen-bond donors (Lipinski definition) is 3. The standard InChI is InChI=1S/C22H18N4OS/c27-21(17-7-3-1-4-8-17)23-18-13-11-16(12-14-18)20-15-28-22(24-20)26-25-19-9-5-2-6-10-19/h1-15,25H,(H,23,27)(H,24,26). The molecule has 0 saturated carbocycles. The Bertz CT molecular complexity index is 1050. The Morgan fingerprint density at radius 1 is 0.750 bits per heavy atom.